The molecule has 3 heterocycles. The molecule has 1 saturated heterocycles. The van der Waals surface area contributed by atoms with Crippen molar-refractivity contribution < 1.29 is 0 Å². The van der Waals surface area contributed by atoms with Gasteiger partial charge in [-0.1, -0.05) is 19.1 Å². The van der Waals surface area contributed by atoms with Crippen LogP contribution < -0.4 is 0 Å². The molecule has 0 saturated carbocycles. The molecular weight excluding hydrogens is 286 g/mol. The van der Waals surface area contributed by atoms with Gasteiger partial charge >= 0.3 is 0 Å². The van der Waals surface area contributed by atoms with Gasteiger partial charge in [-0.05, 0) is 31.2 Å². The number of nitrogens with zero attached hydrogens (tertiary/aromatic N) is 5. The minimum Gasteiger partial charge on any atom is -0.327 e. The van der Waals surface area contributed by atoms with Crippen LogP contribution >= 0.6 is 0 Å². The number of likely N-dealkylation sites (tertiary alicyclic amines) is 1. The third kappa shape index (κ3) is 2.68. The fourth-order valence-corrected chi connectivity index (χ4v) is 3.37. The zero-order chi connectivity index (χ0) is 15.6. The molecule has 0 spiro atoms. The number of imidazole rings is 1. The second-order valence-corrected chi connectivity index (χ2v) is 5.99. The van der Waals surface area contributed by atoms with E-state index in [1.165, 1.54) is 13.0 Å². The molecule has 3 aromatic rings. The lowest BCUT2D eigenvalue weighted by atomic mass is 10.1. The summed E-state index contributed by atoms with van der Waals surface area (Å²) in [6, 6.07) is 10.9. The van der Waals surface area contributed by atoms with Crippen molar-refractivity contribution in [2.75, 3.05) is 19.6 Å². The monoisotopic (exact) mass is 307 g/mol. The second-order valence-electron chi connectivity index (χ2n) is 5.99. The van der Waals surface area contributed by atoms with Crippen molar-refractivity contribution in [2.45, 2.75) is 19.4 Å². The minimum atomic E-state index is 0.515. The van der Waals surface area contributed by atoms with Crippen LogP contribution in [0.2, 0.25) is 0 Å². The van der Waals surface area contributed by atoms with Gasteiger partial charge in [0.2, 0.25) is 0 Å². The largest absolute Gasteiger partial charge is 0.327 e. The van der Waals surface area contributed by atoms with Crippen LogP contribution in [0.3, 0.4) is 0 Å². The topological polar surface area (TPSA) is 38.9 Å². The average Bonchev–Trinajstić information content (AvgIpc) is 3.34. The average molecular weight is 307 g/mol. The van der Waals surface area contributed by atoms with Crippen molar-refractivity contribution in [2.24, 2.45) is 0 Å². The summed E-state index contributed by atoms with van der Waals surface area (Å²) in [7, 11) is 0. The molecule has 23 heavy (non-hydrogen) atoms. The van der Waals surface area contributed by atoms with Gasteiger partial charge in [0.15, 0.2) is 0 Å². The van der Waals surface area contributed by atoms with Gasteiger partial charge in [0.05, 0.1) is 5.69 Å². The first kappa shape index (κ1) is 14.2. The normalized spacial score (nSPS) is 18.6. The molecule has 118 valence electrons. The Morgan fingerprint density at radius 1 is 1.17 bits per heavy atom. The quantitative estimate of drug-likeness (QED) is 0.744. The number of hydrogen-bond acceptors (Lipinski definition) is 3. The summed E-state index contributed by atoms with van der Waals surface area (Å²) in [5.41, 5.74) is 2.20. The first-order chi connectivity index (χ1) is 11.3. The Morgan fingerprint density at radius 2 is 2.13 bits per heavy atom. The molecular formula is C18H21N5. The SMILES string of the molecule is CCN1CCC(n2ccnc2-c2cccc(-n3cccn3)c2)C1. The highest BCUT2D eigenvalue weighted by atomic mass is 15.3. The van der Waals surface area contributed by atoms with Gasteiger partial charge in [-0.25, -0.2) is 9.67 Å². The van der Waals surface area contributed by atoms with Crippen LogP contribution in [0.1, 0.15) is 19.4 Å². The van der Waals surface area contributed by atoms with Gasteiger partial charge in [0, 0.05) is 49.5 Å². The third-order valence-corrected chi connectivity index (χ3v) is 4.63. The molecule has 1 atom stereocenters. The number of aromatic nitrogens is 4. The molecule has 2 aromatic heterocycles. The lowest BCUT2D eigenvalue weighted by Crippen LogP contribution is -2.21. The molecule has 0 bridgehead atoms. The van der Waals surface area contributed by atoms with Gasteiger partial charge in [-0.3, -0.25) is 0 Å². The van der Waals surface area contributed by atoms with Gasteiger partial charge in [0.1, 0.15) is 5.82 Å². The third-order valence-electron chi connectivity index (χ3n) is 4.63. The predicted octanol–water partition coefficient (Wildman–Crippen LogP) is 3.00. The Balaban J connectivity index is 1.67. The second kappa shape index (κ2) is 6.01. The van der Waals surface area contributed by atoms with E-state index in [1.54, 1.807) is 6.20 Å². The van der Waals surface area contributed by atoms with Crippen molar-refractivity contribution in [1.82, 2.24) is 24.2 Å². The van der Waals surface area contributed by atoms with E-state index >= 15 is 0 Å². The Labute approximate surface area is 136 Å². The van der Waals surface area contributed by atoms with Crippen molar-refractivity contribution in [1.29, 1.82) is 0 Å². The predicted molar refractivity (Wildman–Crippen MR) is 90.6 cm³/mol. The maximum Gasteiger partial charge on any atom is 0.140 e. The minimum absolute atomic E-state index is 0.515. The van der Waals surface area contributed by atoms with E-state index in [1.807, 2.05) is 23.1 Å². The lowest BCUT2D eigenvalue weighted by Gasteiger charge is -2.17. The van der Waals surface area contributed by atoms with E-state index in [9.17, 15) is 0 Å². The highest BCUT2D eigenvalue weighted by molar-refractivity contribution is 5.59. The standard InChI is InChI=1S/C18H21N5/c1-2-21-11-7-17(14-21)22-12-9-19-18(22)15-5-3-6-16(13-15)23-10-4-8-20-23/h3-6,8-10,12-13,17H,2,7,11,14H2,1H3. The van der Waals surface area contributed by atoms with E-state index < -0.39 is 0 Å². The van der Waals surface area contributed by atoms with Crippen molar-refractivity contribution in [3.8, 4) is 17.1 Å². The van der Waals surface area contributed by atoms with Gasteiger partial charge in [0.25, 0.3) is 0 Å². The summed E-state index contributed by atoms with van der Waals surface area (Å²) >= 11 is 0. The fourth-order valence-electron chi connectivity index (χ4n) is 3.37. The Bertz CT molecular complexity index is 774. The van der Waals surface area contributed by atoms with E-state index in [0.717, 1.165) is 30.2 Å². The highest BCUT2D eigenvalue weighted by Crippen LogP contribution is 2.28. The summed E-state index contributed by atoms with van der Waals surface area (Å²) in [4.78, 5) is 7.11. The fraction of sp³-hybridized carbons (Fsp3) is 0.333. The van der Waals surface area contributed by atoms with E-state index in [4.69, 9.17) is 0 Å². The van der Waals surface area contributed by atoms with Crippen molar-refractivity contribution >= 4 is 0 Å². The zero-order valence-electron chi connectivity index (χ0n) is 13.3. The van der Waals surface area contributed by atoms with Gasteiger partial charge in [-0.2, -0.15) is 5.10 Å². The molecule has 5 nitrogen and oxygen atoms in total. The van der Waals surface area contributed by atoms with Crippen LogP contribution in [-0.2, 0) is 0 Å². The first-order valence-electron chi connectivity index (χ1n) is 8.21. The first-order valence-corrected chi connectivity index (χ1v) is 8.21. The van der Waals surface area contributed by atoms with Crippen LogP contribution in [0.15, 0.2) is 55.1 Å². The molecule has 0 N–H and O–H groups in total. The molecule has 1 aliphatic heterocycles. The van der Waals surface area contributed by atoms with Gasteiger partial charge < -0.3 is 9.47 Å². The van der Waals surface area contributed by atoms with Crippen LogP contribution in [0, 0.1) is 0 Å². The molecule has 4 rings (SSSR count). The summed E-state index contributed by atoms with van der Waals surface area (Å²) in [5, 5.41) is 4.31. The lowest BCUT2D eigenvalue weighted by molar-refractivity contribution is 0.342. The Morgan fingerprint density at radius 3 is 2.91 bits per heavy atom. The Hall–Kier alpha value is -2.40. The number of rotatable bonds is 4. The summed E-state index contributed by atoms with van der Waals surface area (Å²) < 4.78 is 4.21. The van der Waals surface area contributed by atoms with Crippen LogP contribution in [-0.4, -0.2) is 43.9 Å². The van der Waals surface area contributed by atoms with Gasteiger partial charge in [-0.15, -0.1) is 0 Å². The summed E-state index contributed by atoms with van der Waals surface area (Å²) in [6.45, 7) is 5.63. The molecule has 0 radical (unpaired) electrons. The number of likely N-dealkylation sites (N-methyl/N-ethyl adjacent to an activating group) is 1. The van der Waals surface area contributed by atoms with Crippen molar-refractivity contribution in [3.05, 3.63) is 55.1 Å². The van der Waals surface area contributed by atoms with E-state index in [-0.39, 0.29) is 0 Å². The molecule has 1 unspecified atom stereocenters. The van der Waals surface area contributed by atoms with Crippen LogP contribution in [0.25, 0.3) is 17.1 Å². The van der Waals surface area contributed by atoms with E-state index in [0.29, 0.717) is 6.04 Å². The number of hydrogen-bond donors (Lipinski definition) is 0. The molecule has 1 aliphatic rings. The molecule has 0 aliphatic carbocycles. The molecule has 1 fully saturated rings. The van der Waals surface area contributed by atoms with Crippen molar-refractivity contribution in [3.63, 3.8) is 0 Å². The van der Waals surface area contributed by atoms with Crippen LogP contribution in [0.5, 0.6) is 0 Å². The highest BCUT2D eigenvalue weighted by Gasteiger charge is 2.24. The smallest absolute Gasteiger partial charge is 0.140 e. The molecule has 5 heteroatoms. The summed E-state index contributed by atoms with van der Waals surface area (Å²) in [6.07, 6.45) is 8.97. The zero-order valence-corrected chi connectivity index (χ0v) is 13.3. The summed E-state index contributed by atoms with van der Waals surface area (Å²) in [5.74, 6) is 1.04. The Kier molecular flexibility index (Phi) is 3.71. The maximum absolute atomic E-state index is 4.62. The van der Waals surface area contributed by atoms with E-state index in [2.05, 4.69) is 56.9 Å². The molecule has 1 aromatic carbocycles. The number of benzene rings is 1. The van der Waals surface area contributed by atoms with Crippen LogP contribution in [0.4, 0.5) is 0 Å². The maximum atomic E-state index is 4.62. The molecule has 0 amide bonds.